The van der Waals surface area contributed by atoms with Crippen molar-refractivity contribution in [3.63, 3.8) is 0 Å². The van der Waals surface area contributed by atoms with Crippen molar-refractivity contribution in [2.45, 2.75) is 18.6 Å². The molecule has 0 aliphatic heterocycles. The summed E-state index contributed by atoms with van der Waals surface area (Å²) < 4.78 is 56.5. The van der Waals surface area contributed by atoms with Gasteiger partial charge in [-0.3, -0.25) is 0 Å². The van der Waals surface area contributed by atoms with Crippen molar-refractivity contribution in [2.24, 2.45) is 5.73 Å². The molecule has 2 aromatic rings. The zero-order chi connectivity index (χ0) is 15.6. The first-order chi connectivity index (χ1) is 9.81. The molecular weight excluding hydrogens is 326 g/mol. The molecule has 0 bridgehead atoms. The molecule has 3 N–H and O–H groups in total. The number of rotatable bonds is 4. The zero-order valence-electron chi connectivity index (χ0n) is 11.2. The summed E-state index contributed by atoms with van der Waals surface area (Å²) in [7, 11) is 0. The van der Waals surface area contributed by atoms with Crippen molar-refractivity contribution >= 4 is 12.4 Å². The van der Waals surface area contributed by atoms with Crippen LogP contribution in [0.25, 0.3) is 11.3 Å². The highest BCUT2D eigenvalue weighted by atomic mass is 35.5. The number of halogens is 5. The number of aliphatic hydroxyl groups is 1. The Morgan fingerprint density at radius 1 is 1.18 bits per heavy atom. The van der Waals surface area contributed by atoms with Crippen molar-refractivity contribution in [1.29, 1.82) is 0 Å². The van der Waals surface area contributed by atoms with Crippen LogP contribution in [0, 0.1) is 5.82 Å². The minimum Gasteiger partial charge on any atom is -0.461 e. The summed E-state index contributed by atoms with van der Waals surface area (Å²) in [5.41, 5.74) is 4.32. The minimum absolute atomic E-state index is 0. The van der Waals surface area contributed by atoms with Crippen LogP contribution in [0.1, 0.15) is 11.3 Å². The number of aliphatic hydroxyl groups excluding tert-OH is 1. The van der Waals surface area contributed by atoms with Crippen molar-refractivity contribution < 1.29 is 27.1 Å². The van der Waals surface area contributed by atoms with Crippen LogP contribution in [-0.2, 0) is 12.6 Å². The topological polar surface area (TPSA) is 59.4 Å². The Labute approximate surface area is 130 Å². The molecular formula is C14H14ClF4NO2. The second-order valence-electron chi connectivity index (χ2n) is 4.61. The Kier molecular flexibility index (Phi) is 5.99. The lowest BCUT2D eigenvalue weighted by atomic mass is 10.1. The fourth-order valence-corrected chi connectivity index (χ4v) is 1.86. The van der Waals surface area contributed by atoms with Gasteiger partial charge in [-0.1, -0.05) is 0 Å². The largest absolute Gasteiger partial charge is 0.461 e. The van der Waals surface area contributed by atoms with E-state index in [0.717, 1.165) is 6.07 Å². The predicted octanol–water partition coefficient (Wildman–Crippen LogP) is 3.39. The maximum atomic E-state index is 13.2. The highest BCUT2D eigenvalue weighted by Gasteiger charge is 2.34. The van der Waals surface area contributed by atoms with Gasteiger partial charge in [-0.2, -0.15) is 13.2 Å². The van der Waals surface area contributed by atoms with E-state index in [1.807, 2.05) is 0 Å². The molecule has 1 aromatic carbocycles. The molecule has 1 atom stereocenters. The molecule has 1 heterocycles. The van der Waals surface area contributed by atoms with Crippen LogP contribution < -0.4 is 5.73 Å². The average Bonchev–Trinajstić information content (AvgIpc) is 2.86. The normalized spacial score (nSPS) is 12.8. The smallest absolute Gasteiger partial charge is 0.419 e. The third kappa shape index (κ3) is 4.22. The van der Waals surface area contributed by atoms with Gasteiger partial charge in [0.15, 0.2) is 0 Å². The van der Waals surface area contributed by atoms with E-state index in [4.69, 9.17) is 15.3 Å². The maximum absolute atomic E-state index is 13.2. The first kappa shape index (κ1) is 18.5. The first-order valence-corrected chi connectivity index (χ1v) is 6.13. The van der Waals surface area contributed by atoms with Crippen LogP contribution in [-0.4, -0.2) is 17.8 Å². The molecule has 0 radical (unpaired) electrons. The molecule has 122 valence electrons. The molecule has 0 fully saturated rings. The lowest BCUT2D eigenvalue weighted by molar-refractivity contribution is -0.139. The van der Waals surface area contributed by atoms with E-state index in [1.54, 1.807) is 6.07 Å². The Hall–Kier alpha value is -1.57. The summed E-state index contributed by atoms with van der Waals surface area (Å²) in [4.78, 5) is 0. The Balaban J connectivity index is 0.00000242. The van der Waals surface area contributed by atoms with Gasteiger partial charge in [0.2, 0.25) is 0 Å². The van der Waals surface area contributed by atoms with Crippen LogP contribution in [0.5, 0.6) is 0 Å². The molecule has 0 spiro atoms. The van der Waals surface area contributed by atoms with Crippen LogP contribution in [0.15, 0.2) is 34.7 Å². The van der Waals surface area contributed by atoms with Crippen LogP contribution in [0.2, 0.25) is 0 Å². The summed E-state index contributed by atoms with van der Waals surface area (Å²) in [6.45, 7) is -0.231. The number of nitrogens with two attached hydrogens (primary N) is 1. The van der Waals surface area contributed by atoms with Gasteiger partial charge in [0.05, 0.1) is 12.2 Å². The van der Waals surface area contributed by atoms with Gasteiger partial charge in [0.25, 0.3) is 0 Å². The van der Waals surface area contributed by atoms with E-state index < -0.39 is 23.6 Å². The van der Waals surface area contributed by atoms with Gasteiger partial charge in [-0.25, -0.2) is 4.39 Å². The number of hydrogen-bond acceptors (Lipinski definition) is 3. The summed E-state index contributed by atoms with van der Waals surface area (Å²) in [5, 5.41) is 8.84. The van der Waals surface area contributed by atoms with E-state index in [-0.39, 0.29) is 36.8 Å². The summed E-state index contributed by atoms with van der Waals surface area (Å²) >= 11 is 0. The van der Waals surface area contributed by atoms with Crippen LogP contribution in [0.3, 0.4) is 0 Å². The van der Waals surface area contributed by atoms with Gasteiger partial charge in [-0.15, -0.1) is 12.4 Å². The molecule has 8 heteroatoms. The van der Waals surface area contributed by atoms with Gasteiger partial charge < -0.3 is 15.3 Å². The summed E-state index contributed by atoms with van der Waals surface area (Å²) in [6.07, 6.45) is -4.52. The number of benzene rings is 1. The second kappa shape index (κ2) is 7.13. The lowest BCUT2D eigenvalue weighted by Gasteiger charge is -2.09. The van der Waals surface area contributed by atoms with Crippen LogP contribution in [0.4, 0.5) is 17.6 Å². The average molecular weight is 340 g/mol. The first-order valence-electron chi connectivity index (χ1n) is 6.13. The standard InChI is InChI=1S/C14H13F4NO2.ClH/c15-12-3-1-8(5-11(12)14(16,17)18)13-4-2-10(21-13)6-9(19)7-20;/h1-5,9,20H,6-7,19H2;1H. The second-order valence-corrected chi connectivity index (χ2v) is 4.61. The Morgan fingerprint density at radius 3 is 2.45 bits per heavy atom. The van der Waals surface area contributed by atoms with Crippen molar-refractivity contribution in [1.82, 2.24) is 0 Å². The molecule has 1 unspecified atom stereocenters. The van der Waals surface area contributed by atoms with Gasteiger partial charge in [0.1, 0.15) is 17.3 Å². The van der Waals surface area contributed by atoms with E-state index in [1.165, 1.54) is 12.1 Å². The van der Waals surface area contributed by atoms with E-state index >= 15 is 0 Å². The van der Waals surface area contributed by atoms with Crippen molar-refractivity contribution in [3.05, 3.63) is 47.5 Å². The van der Waals surface area contributed by atoms with E-state index in [0.29, 0.717) is 11.8 Å². The highest BCUT2D eigenvalue weighted by molar-refractivity contribution is 5.85. The fourth-order valence-electron chi connectivity index (χ4n) is 1.86. The lowest BCUT2D eigenvalue weighted by Crippen LogP contribution is -2.26. The predicted molar refractivity (Wildman–Crippen MR) is 75.1 cm³/mol. The molecule has 0 aliphatic rings. The molecule has 1 aromatic heterocycles. The number of hydrogen-bond donors (Lipinski definition) is 2. The Morgan fingerprint density at radius 2 is 1.86 bits per heavy atom. The van der Waals surface area contributed by atoms with Crippen molar-refractivity contribution in [3.8, 4) is 11.3 Å². The fraction of sp³-hybridized carbons (Fsp3) is 0.286. The summed E-state index contributed by atoms with van der Waals surface area (Å²) in [6, 6.07) is 5.18. The maximum Gasteiger partial charge on any atom is 0.419 e. The van der Waals surface area contributed by atoms with Crippen molar-refractivity contribution in [2.75, 3.05) is 6.61 Å². The summed E-state index contributed by atoms with van der Waals surface area (Å²) in [5.74, 6) is -0.717. The third-order valence-corrected chi connectivity index (χ3v) is 2.92. The molecule has 2 rings (SSSR count). The molecule has 22 heavy (non-hydrogen) atoms. The third-order valence-electron chi connectivity index (χ3n) is 2.92. The molecule has 0 aliphatic carbocycles. The molecule has 0 saturated carbocycles. The highest BCUT2D eigenvalue weighted by Crippen LogP contribution is 2.34. The quantitative estimate of drug-likeness (QED) is 0.839. The molecule has 0 amide bonds. The van der Waals surface area contributed by atoms with E-state index in [9.17, 15) is 17.6 Å². The number of alkyl halides is 3. The van der Waals surface area contributed by atoms with E-state index in [2.05, 4.69) is 0 Å². The SMILES string of the molecule is Cl.NC(CO)Cc1ccc(-c2ccc(F)c(C(F)(F)F)c2)o1. The minimum atomic E-state index is -4.77. The molecule has 0 saturated heterocycles. The zero-order valence-corrected chi connectivity index (χ0v) is 12.0. The van der Waals surface area contributed by atoms with Gasteiger partial charge >= 0.3 is 6.18 Å². The monoisotopic (exact) mass is 339 g/mol. The molecule has 3 nitrogen and oxygen atoms in total. The number of furan rings is 1. The Bertz CT molecular complexity index is 628. The van der Waals surface area contributed by atoms with Gasteiger partial charge in [0, 0.05) is 18.0 Å². The van der Waals surface area contributed by atoms with Crippen LogP contribution >= 0.6 is 12.4 Å². The van der Waals surface area contributed by atoms with Gasteiger partial charge in [-0.05, 0) is 30.3 Å².